The molecule has 0 fully saturated rings. The molecule has 3 N–H and O–H groups in total. The topological polar surface area (TPSA) is 98.0 Å². The number of sulfonamides is 1. The highest BCUT2D eigenvalue weighted by Crippen LogP contribution is 2.29. The smallest absolute Gasteiger partial charge is 0.273 e. The van der Waals surface area contributed by atoms with E-state index < -0.39 is 10.0 Å². The number of aryl methyl sites for hydroxylation is 1. The Morgan fingerprint density at radius 2 is 2.00 bits per heavy atom. The third-order valence-corrected chi connectivity index (χ3v) is 5.85. The summed E-state index contributed by atoms with van der Waals surface area (Å²) in [5.74, 6) is 0. The van der Waals surface area contributed by atoms with Crippen molar-refractivity contribution in [1.82, 2.24) is 9.97 Å². The molecule has 0 aliphatic heterocycles. The molecule has 0 aliphatic carbocycles. The average molecular weight is 320 g/mol. The lowest BCUT2D eigenvalue weighted by atomic mass is 10.2. The Kier molecular flexibility index (Phi) is 3.26. The fourth-order valence-corrected chi connectivity index (χ4v) is 4.40. The molecule has 0 saturated carbocycles. The molecular weight excluding hydrogens is 308 g/mol. The summed E-state index contributed by atoms with van der Waals surface area (Å²) in [6.07, 6.45) is 1.62. The maximum absolute atomic E-state index is 12.5. The predicted molar refractivity (Wildman–Crippen MR) is 83.8 cm³/mol. The van der Waals surface area contributed by atoms with Crippen molar-refractivity contribution < 1.29 is 8.42 Å². The Balaban J connectivity index is 2.08. The van der Waals surface area contributed by atoms with Crippen molar-refractivity contribution in [2.24, 2.45) is 0 Å². The van der Waals surface area contributed by atoms with E-state index >= 15 is 0 Å². The van der Waals surface area contributed by atoms with Gasteiger partial charge < -0.3 is 5.73 Å². The number of nitrogens with two attached hydrogens (primary N) is 1. The number of hydrogen-bond acceptors (Lipinski definition) is 6. The number of benzene rings is 1. The quantitative estimate of drug-likeness (QED) is 0.772. The van der Waals surface area contributed by atoms with E-state index in [0.29, 0.717) is 16.9 Å². The van der Waals surface area contributed by atoms with E-state index in [-0.39, 0.29) is 9.34 Å². The molecular formula is C13H12N4O2S2. The van der Waals surface area contributed by atoms with E-state index in [1.165, 1.54) is 0 Å². The normalized spacial score (nSPS) is 11.7. The monoisotopic (exact) mass is 320 g/mol. The number of pyridine rings is 1. The number of hydrogen-bond donors (Lipinski definition) is 2. The molecule has 3 rings (SSSR count). The van der Waals surface area contributed by atoms with Crippen LogP contribution in [0.15, 0.2) is 40.7 Å². The first-order valence-electron chi connectivity index (χ1n) is 6.07. The van der Waals surface area contributed by atoms with Crippen LogP contribution in [0.25, 0.3) is 10.9 Å². The van der Waals surface area contributed by atoms with Gasteiger partial charge in [-0.05, 0) is 19.1 Å². The van der Waals surface area contributed by atoms with Gasteiger partial charge in [0.25, 0.3) is 10.0 Å². The van der Waals surface area contributed by atoms with Crippen LogP contribution < -0.4 is 10.5 Å². The Labute approximate surface area is 125 Å². The van der Waals surface area contributed by atoms with Gasteiger partial charge in [-0.1, -0.05) is 29.5 Å². The number of aromatic nitrogens is 2. The van der Waals surface area contributed by atoms with Crippen LogP contribution in [-0.4, -0.2) is 18.4 Å². The van der Waals surface area contributed by atoms with Gasteiger partial charge in [0, 0.05) is 11.6 Å². The summed E-state index contributed by atoms with van der Waals surface area (Å²) in [6, 6.07) is 8.99. The summed E-state index contributed by atoms with van der Waals surface area (Å²) in [4.78, 5) is 8.17. The fourth-order valence-electron chi connectivity index (χ4n) is 2.03. The molecule has 1 aromatic carbocycles. The molecule has 0 bridgehead atoms. The summed E-state index contributed by atoms with van der Waals surface area (Å²) in [5.41, 5.74) is 6.98. The number of anilines is 2. The van der Waals surface area contributed by atoms with Gasteiger partial charge in [-0.15, -0.1) is 0 Å². The molecule has 108 valence electrons. The summed E-state index contributed by atoms with van der Waals surface area (Å²) in [6.45, 7) is 1.61. The minimum atomic E-state index is -3.73. The Bertz CT molecular complexity index is 914. The Hall–Kier alpha value is -2.19. The van der Waals surface area contributed by atoms with Gasteiger partial charge in [0.15, 0.2) is 9.34 Å². The van der Waals surface area contributed by atoms with Gasteiger partial charge in [0.1, 0.15) is 0 Å². The van der Waals surface area contributed by atoms with Crippen molar-refractivity contribution in [3.8, 4) is 0 Å². The van der Waals surface area contributed by atoms with E-state index in [4.69, 9.17) is 5.73 Å². The predicted octanol–water partition coefficient (Wildman–Crippen LogP) is 2.38. The van der Waals surface area contributed by atoms with Crippen LogP contribution in [0, 0.1) is 6.92 Å². The van der Waals surface area contributed by atoms with Crippen LogP contribution in [0.2, 0.25) is 0 Å². The first-order chi connectivity index (χ1) is 9.97. The molecule has 0 unspecified atom stereocenters. The molecule has 2 aromatic heterocycles. The lowest BCUT2D eigenvalue weighted by Crippen LogP contribution is -2.13. The van der Waals surface area contributed by atoms with E-state index in [1.54, 1.807) is 31.3 Å². The number of nitrogens with zero attached hydrogens (tertiary/aromatic N) is 2. The van der Waals surface area contributed by atoms with E-state index in [2.05, 4.69) is 14.7 Å². The summed E-state index contributed by atoms with van der Waals surface area (Å²) in [7, 11) is -3.73. The number of fused-ring (bicyclic) bond motifs is 1. The number of rotatable bonds is 3. The number of nitrogen functional groups attached to an aromatic ring is 1. The van der Waals surface area contributed by atoms with Crippen molar-refractivity contribution in [1.29, 1.82) is 0 Å². The largest absolute Gasteiger partial charge is 0.375 e. The molecule has 0 spiro atoms. The van der Waals surface area contributed by atoms with Crippen LogP contribution >= 0.6 is 11.3 Å². The van der Waals surface area contributed by atoms with Crippen LogP contribution in [-0.2, 0) is 10.0 Å². The minimum absolute atomic E-state index is 0.118. The molecule has 2 heterocycles. The maximum atomic E-state index is 12.5. The maximum Gasteiger partial charge on any atom is 0.273 e. The Morgan fingerprint density at radius 1 is 1.24 bits per heavy atom. The first kappa shape index (κ1) is 13.8. The minimum Gasteiger partial charge on any atom is -0.375 e. The van der Waals surface area contributed by atoms with Crippen molar-refractivity contribution in [2.75, 3.05) is 10.5 Å². The zero-order chi connectivity index (χ0) is 15.0. The summed E-state index contributed by atoms with van der Waals surface area (Å²) in [5, 5.41) is 1.09. The SMILES string of the molecule is Cc1nc(N)sc1S(=O)(=O)Nc1cccc2cccnc12. The molecule has 0 saturated heterocycles. The second-order valence-electron chi connectivity index (χ2n) is 4.41. The summed E-state index contributed by atoms with van der Waals surface area (Å²) >= 11 is 0.942. The number of thiazole rings is 1. The molecule has 21 heavy (non-hydrogen) atoms. The zero-order valence-corrected chi connectivity index (χ0v) is 12.7. The molecule has 0 amide bonds. The summed E-state index contributed by atoms with van der Waals surface area (Å²) < 4.78 is 27.6. The standard InChI is InChI=1S/C13H12N4O2S2/c1-8-12(20-13(14)16-8)21(18,19)17-10-6-2-4-9-5-3-7-15-11(9)10/h2-7,17H,1H3,(H2,14,16). The Morgan fingerprint density at radius 3 is 2.71 bits per heavy atom. The average Bonchev–Trinajstić information content (AvgIpc) is 2.79. The number of para-hydroxylation sites is 1. The zero-order valence-electron chi connectivity index (χ0n) is 11.1. The van der Waals surface area contributed by atoms with Gasteiger partial charge in [0.05, 0.1) is 16.9 Å². The molecule has 3 aromatic rings. The van der Waals surface area contributed by atoms with E-state index in [0.717, 1.165) is 16.7 Å². The lowest BCUT2D eigenvalue weighted by Gasteiger charge is -2.09. The van der Waals surface area contributed by atoms with E-state index in [9.17, 15) is 8.42 Å². The highest BCUT2D eigenvalue weighted by Gasteiger charge is 2.22. The second-order valence-corrected chi connectivity index (χ2v) is 7.32. The third kappa shape index (κ3) is 2.55. The van der Waals surface area contributed by atoms with Crippen LogP contribution in [0.3, 0.4) is 0 Å². The first-order valence-corrected chi connectivity index (χ1v) is 8.37. The molecule has 0 atom stereocenters. The fraction of sp³-hybridized carbons (Fsp3) is 0.0769. The van der Waals surface area contributed by atoms with Gasteiger partial charge in [-0.25, -0.2) is 13.4 Å². The van der Waals surface area contributed by atoms with Gasteiger partial charge in [-0.3, -0.25) is 9.71 Å². The van der Waals surface area contributed by atoms with E-state index in [1.807, 2.05) is 12.1 Å². The lowest BCUT2D eigenvalue weighted by molar-refractivity contribution is 0.602. The van der Waals surface area contributed by atoms with Crippen molar-refractivity contribution >= 4 is 43.1 Å². The number of nitrogens with one attached hydrogen (secondary N) is 1. The second kappa shape index (κ2) is 4.97. The van der Waals surface area contributed by atoms with Crippen LogP contribution in [0.1, 0.15) is 5.69 Å². The molecule has 8 heteroatoms. The highest BCUT2D eigenvalue weighted by atomic mass is 32.2. The third-order valence-electron chi connectivity index (χ3n) is 2.89. The van der Waals surface area contributed by atoms with Crippen LogP contribution in [0.5, 0.6) is 0 Å². The van der Waals surface area contributed by atoms with Crippen LogP contribution in [0.4, 0.5) is 10.8 Å². The van der Waals surface area contributed by atoms with Crippen molar-refractivity contribution in [3.63, 3.8) is 0 Å². The molecule has 0 aliphatic rings. The van der Waals surface area contributed by atoms with Gasteiger partial charge in [0.2, 0.25) is 0 Å². The van der Waals surface area contributed by atoms with Crippen molar-refractivity contribution in [2.45, 2.75) is 11.1 Å². The van der Waals surface area contributed by atoms with Gasteiger partial charge in [-0.2, -0.15) is 0 Å². The highest BCUT2D eigenvalue weighted by molar-refractivity contribution is 7.94. The molecule has 0 radical (unpaired) electrons. The van der Waals surface area contributed by atoms with Crippen molar-refractivity contribution in [3.05, 3.63) is 42.2 Å². The van der Waals surface area contributed by atoms with Gasteiger partial charge >= 0.3 is 0 Å². The molecule has 6 nitrogen and oxygen atoms in total.